The number of benzene rings is 1. The quantitative estimate of drug-likeness (QED) is 0.666. The van der Waals surface area contributed by atoms with Crippen molar-refractivity contribution in [1.29, 1.82) is 0 Å². The minimum Gasteiger partial charge on any atom is -0.481 e. The van der Waals surface area contributed by atoms with Crippen LogP contribution >= 0.6 is 0 Å². The molecular weight excluding hydrogens is 310 g/mol. The van der Waals surface area contributed by atoms with E-state index in [2.05, 4.69) is 9.71 Å². The lowest BCUT2D eigenvalue weighted by Gasteiger charge is -2.10. The molecule has 0 unspecified atom stereocenters. The molecule has 0 fully saturated rings. The average molecular weight is 323 g/mol. The van der Waals surface area contributed by atoms with Crippen LogP contribution < -0.4 is 9.46 Å². The number of sulfonamides is 1. The van der Waals surface area contributed by atoms with Crippen molar-refractivity contribution in [3.63, 3.8) is 0 Å². The topological polar surface area (TPSA) is 111 Å². The minimum atomic E-state index is -3.87. The van der Waals surface area contributed by atoms with Crippen LogP contribution in [0.2, 0.25) is 0 Å². The van der Waals surface area contributed by atoms with Gasteiger partial charge in [0, 0.05) is 24.4 Å². The monoisotopic (exact) mass is 323 g/mol. The number of aromatic nitrogens is 1. The highest BCUT2D eigenvalue weighted by molar-refractivity contribution is 7.92. The van der Waals surface area contributed by atoms with Crippen LogP contribution in [-0.2, 0) is 10.0 Å². The summed E-state index contributed by atoms with van der Waals surface area (Å²) in [6, 6.07) is 6.46. The van der Waals surface area contributed by atoms with Gasteiger partial charge in [0.2, 0.25) is 5.88 Å². The van der Waals surface area contributed by atoms with Crippen LogP contribution in [0.15, 0.2) is 41.4 Å². The molecular formula is C13H13N3O5S. The molecule has 0 saturated heterocycles. The van der Waals surface area contributed by atoms with Crippen molar-refractivity contribution in [2.45, 2.75) is 11.8 Å². The summed E-state index contributed by atoms with van der Waals surface area (Å²) in [4.78, 5) is 14.0. The third-order valence-corrected chi connectivity index (χ3v) is 4.40. The number of nitro benzene ring substituents is 1. The number of nitro groups is 1. The zero-order valence-corrected chi connectivity index (χ0v) is 12.6. The first-order chi connectivity index (χ1) is 10.3. The van der Waals surface area contributed by atoms with E-state index in [1.807, 2.05) is 0 Å². The van der Waals surface area contributed by atoms with Crippen LogP contribution in [0.1, 0.15) is 5.56 Å². The lowest BCUT2D eigenvalue weighted by Crippen LogP contribution is -2.14. The lowest BCUT2D eigenvalue weighted by molar-refractivity contribution is -0.385. The molecule has 1 aromatic heterocycles. The van der Waals surface area contributed by atoms with Gasteiger partial charge in [-0.05, 0) is 24.6 Å². The fourth-order valence-corrected chi connectivity index (χ4v) is 3.12. The molecule has 1 N–H and O–H groups in total. The third-order valence-electron chi connectivity index (χ3n) is 2.86. The molecule has 0 saturated carbocycles. The van der Waals surface area contributed by atoms with E-state index in [1.54, 1.807) is 0 Å². The predicted octanol–water partition coefficient (Wildman–Crippen LogP) is 2.11. The first-order valence-electron chi connectivity index (χ1n) is 6.11. The molecule has 0 radical (unpaired) electrons. The molecule has 0 bridgehead atoms. The van der Waals surface area contributed by atoms with E-state index in [0.29, 0.717) is 0 Å². The third kappa shape index (κ3) is 3.31. The number of methoxy groups -OCH3 is 1. The molecule has 22 heavy (non-hydrogen) atoms. The van der Waals surface area contributed by atoms with Gasteiger partial charge in [-0.15, -0.1) is 0 Å². The SMILES string of the molecule is COc1cc(NS(=O)(=O)c2ccc([N+](=O)[O-])cc2C)ccn1. The zero-order chi connectivity index (χ0) is 16.3. The van der Waals surface area contributed by atoms with Crippen molar-refractivity contribution >= 4 is 21.4 Å². The summed E-state index contributed by atoms with van der Waals surface area (Å²) in [6.07, 6.45) is 1.40. The highest BCUT2D eigenvalue weighted by Gasteiger charge is 2.19. The number of rotatable bonds is 5. The van der Waals surface area contributed by atoms with Crippen molar-refractivity contribution in [3.8, 4) is 5.88 Å². The van der Waals surface area contributed by atoms with Crippen molar-refractivity contribution < 1.29 is 18.1 Å². The van der Waals surface area contributed by atoms with E-state index in [-0.39, 0.29) is 27.7 Å². The molecule has 0 aliphatic rings. The van der Waals surface area contributed by atoms with E-state index in [0.717, 1.165) is 6.07 Å². The number of nitrogens with zero attached hydrogens (tertiary/aromatic N) is 2. The molecule has 2 rings (SSSR count). The molecule has 2 aromatic rings. The summed E-state index contributed by atoms with van der Waals surface area (Å²) in [5, 5.41) is 10.7. The Morgan fingerprint density at radius 1 is 1.27 bits per heavy atom. The summed E-state index contributed by atoms with van der Waals surface area (Å²) in [5.41, 5.74) is 0.398. The molecule has 0 atom stereocenters. The van der Waals surface area contributed by atoms with Crippen LogP contribution in [0, 0.1) is 17.0 Å². The smallest absolute Gasteiger partial charge is 0.269 e. The second-order valence-electron chi connectivity index (χ2n) is 4.40. The second-order valence-corrected chi connectivity index (χ2v) is 6.05. The average Bonchev–Trinajstić information content (AvgIpc) is 2.46. The standard InChI is InChI=1S/C13H13N3O5S/c1-9-7-11(16(17)18)3-4-12(9)22(19,20)15-10-5-6-14-13(8-10)21-2/h3-8H,1-2H3,(H,14,15). The molecule has 8 nitrogen and oxygen atoms in total. The van der Waals surface area contributed by atoms with Crippen LogP contribution in [0.3, 0.4) is 0 Å². The van der Waals surface area contributed by atoms with Crippen molar-refractivity contribution in [2.24, 2.45) is 0 Å². The van der Waals surface area contributed by atoms with Gasteiger partial charge in [-0.2, -0.15) is 0 Å². The molecule has 116 valence electrons. The number of hydrogen-bond acceptors (Lipinski definition) is 6. The Morgan fingerprint density at radius 3 is 2.59 bits per heavy atom. The van der Waals surface area contributed by atoms with Gasteiger partial charge in [-0.1, -0.05) is 0 Å². The zero-order valence-electron chi connectivity index (χ0n) is 11.8. The molecule has 9 heteroatoms. The van der Waals surface area contributed by atoms with E-state index < -0.39 is 14.9 Å². The Morgan fingerprint density at radius 2 is 2.00 bits per heavy atom. The van der Waals surface area contributed by atoms with Crippen molar-refractivity contribution in [3.05, 3.63) is 52.2 Å². The summed E-state index contributed by atoms with van der Waals surface area (Å²) < 4.78 is 32.0. The summed E-state index contributed by atoms with van der Waals surface area (Å²) >= 11 is 0. The number of non-ortho nitro benzene ring substituents is 1. The molecule has 0 spiro atoms. The summed E-state index contributed by atoms with van der Waals surface area (Å²) in [7, 11) is -2.45. The number of pyridine rings is 1. The number of ether oxygens (including phenoxy) is 1. The normalized spacial score (nSPS) is 11.0. The Balaban J connectivity index is 2.36. The second kappa shape index (κ2) is 5.98. The Hall–Kier alpha value is -2.68. The first-order valence-corrected chi connectivity index (χ1v) is 7.60. The van der Waals surface area contributed by atoms with Gasteiger partial charge in [0.05, 0.1) is 22.6 Å². The fourth-order valence-electron chi connectivity index (χ4n) is 1.84. The molecule has 0 aliphatic carbocycles. The number of nitrogens with one attached hydrogen (secondary N) is 1. The van der Waals surface area contributed by atoms with Gasteiger partial charge in [0.1, 0.15) is 0 Å². The van der Waals surface area contributed by atoms with Crippen molar-refractivity contribution in [2.75, 3.05) is 11.8 Å². The Bertz CT molecular complexity index is 820. The maximum Gasteiger partial charge on any atom is 0.269 e. The largest absolute Gasteiger partial charge is 0.481 e. The van der Waals surface area contributed by atoms with E-state index >= 15 is 0 Å². The number of aryl methyl sites for hydroxylation is 1. The number of hydrogen-bond donors (Lipinski definition) is 1. The lowest BCUT2D eigenvalue weighted by atomic mass is 10.2. The summed E-state index contributed by atoms with van der Waals surface area (Å²) in [6.45, 7) is 1.49. The van der Waals surface area contributed by atoms with Crippen LogP contribution in [-0.4, -0.2) is 25.4 Å². The molecule has 1 aromatic carbocycles. The molecule has 1 heterocycles. The predicted molar refractivity (Wildman–Crippen MR) is 79.4 cm³/mol. The first kappa shape index (κ1) is 15.7. The summed E-state index contributed by atoms with van der Waals surface area (Å²) in [5.74, 6) is 0.264. The Labute approximate surface area is 127 Å². The molecule has 0 aliphatic heterocycles. The van der Waals surface area contributed by atoms with Gasteiger partial charge in [-0.3, -0.25) is 14.8 Å². The van der Waals surface area contributed by atoms with Crippen LogP contribution in [0.5, 0.6) is 5.88 Å². The highest BCUT2D eigenvalue weighted by Crippen LogP contribution is 2.24. The number of anilines is 1. The van der Waals surface area contributed by atoms with E-state index in [9.17, 15) is 18.5 Å². The van der Waals surface area contributed by atoms with Gasteiger partial charge in [-0.25, -0.2) is 13.4 Å². The van der Waals surface area contributed by atoms with Gasteiger partial charge in [0.25, 0.3) is 15.7 Å². The maximum atomic E-state index is 12.4. The van der Waals surface area contributed by atoms with E-state index in [4.69, 9.17) is 4.74 Å². The van der Waals surface area contributed by atoms with Gasteiger partial charge < -0.3 is 4.74 Å². The van der Waals surface area contributed by atoms with E-state index in [1.165, 1.54) is 44.5 Å². The van der Waals surface area contributed by atoms with Crippen LogP contribution in [0.4, 0.5) is 11.4 Å². The maximum absolute atomic E-state index is 12.4. The highest BCUT2D eigenvalue weighted by atomic mass is 32.2. The minimum absolute atomic E-state index is 0.0334. The van der Waals surface area contributed by atoms with Gasteiger partial charge in [0.15, 0.2) is 0 Å². The molecule has 0 amide bonds. The van der Waals surface area contributed by atoms with Gasteiger partial charge >= 0.3 is 0 Å². The fraction of sp³-hybridized carbons (Fsp3) is 0.154. The van der Waals surface area contributed by atoms with Crippen molar-refractivity contribution in [1.82, 2.24) is 4.98 Å². The van der Waals surface area contributed by atoms with Crippen LogP contribution in [0.25, 0.3) is 0 Å². The Kier molecular flexibility index (Phi) is 4.27.